The van der Waals surface area contributed by atoms with Crippen LogP contribution >= 0.6 is 0 Å². The van der Waals surface area contributed by atoms with E-state index in [2.05, 4.69) is 31.1 Å². The van der Waals surface area contributed by atoms with Gasteiger partial charge in [-0.1, -0.05) is 26.7 Å². The minimum atomic E-state index is 0.864. The molecule has 0 heterocycles. The molecule has 0 spiro atoms. The van der Waals surface area contributed by atoms with E-state index in [1.807, 2.05) is 0 Å². The average molecular weight is 226 g/mol. The van der Waals surface area contributed by atoms with Gasteiger partial charge in [-0.3, -0.25) is 0 Å². The Labute approximate surface area is 102 Å². The fourth-order valence-corrected chi connectivity index (χ4v) is 2.77. The maximum atomic E-state index is 3.39. The van der Waals surface area contributed by atoms with Gasteiger partial charge < -0.3 is 10.2 Å². The van der Waals surface area contributed by atoms with Gasteiger partial charge in [-0.15, -0.1) is 0 Å². The first-order valence-corrected chi connectivity index (χ1v) is 7.15. The van der Waals surface area contributed by atoms with E-state index in [0.29, 0.717) is 0 Å². The zero-order valence-corrected chi connectivity index (χ0v) is 11.5. The molecular weight excluding hydrogens is 196 g/mol. The van der Waals surface area contributed by atoms with Crippen LogP contribution in [0.3, 0.4) is 0 Å². The number of hydrogen-bond acceptors (Lipinski definition) is 2. The highest BCUT2D eigenvalue weighted by molar-refractivity contribution is 4.76. The third kappa shape index (κ3) is 5.31. The second kappa shape index (κ2) is 8.08. The maximum absolute atomic E-state index is 3.39. The van der Waals surface area contributed by atoms with Crippen LogP contribution in [0.4, 0.5) is 0 Å². The van der Waals surface area contributed by atoms with E-state index in [-0.39, 0.29) is 0 Å². The van der Waals surface area contributed by atoms with Crippen LogP contribution in [0.2, 0.25) is 0 Å². The standard InChI is InChI=1S/C14H30N2/c1-4-15-10-5-6-11-16(3)14-9-7-8-13(2)12-14/h13-15H,4-12H2,1-3H3. The summed E-state index contributed by atoms with van der Waals surface area (Å²) in [5.41, 5.74) is 0. The van der Waals surface area contributed by atoms with Crippen LogP contribution in [0.1, 0.15) is 52.4 Å². The highest BCUT2D eigenvalue weighted by atomic mass is 15.1. The molecule has 0 bridgehead atoms. The fraction of sp³-hybridized carbons (Fsp3) is 1.00. The molecule has 1 rings (SSSR count). The van der Waals surface area contributed by atoms with Crippen molar-refractivity contribution in [2.24, 2.45) is 5.92 Å². The average Bonchev–Trinajstić information content (AvgIpc) is 2.28. The van der Waals surface area contributed by atoms with Gasteiger partial charge in [0.25, 0.3) is 0 Å². The van der Waals surface area contributed by atoms with Gasteiger partial charge in [0.15, 0.2) is 0 Å². The third-order valence-electron chi connectivity index (χ3n) is 3.90. The minimum absolute atomic E-state index is 0.864. The zero-order valence-electron chi connectivity index (χ0n) is 11.5. The molecule has 0 aromatic heterocycles. The lowest BCUT2D eigenvalue weighted by molar-refractivity contribution is 0.162. The van der Waals surface area contributed by atoms with Crippen molar-refractivity contribution in [2.75, 3.05) is 26.7 Å². The number of rotatable bonds is 7. The monoisotopic (exact) mass is 226 g/mol. The van der Waals surface area contributed by atoms with E-state index in [9.17, 15) is 0 Å². The Bertz CT molecular complexity index is 170. The van der Waals surface area contributed by atoms with Gasteiger partial charge in [0.2, 0.25) is 0 Å². The predicted molar refractivity (Wildman–Crippen MR) is 71.8 cm³/mol. The molecule has 2 unspecified atom stereocenters. The van der Waals surface area contributed by atoms with Crippen molar-refractivity contribution >= 4 is 0 Å². The third-order valence-corrected chi connectivity index (χ3v) is 3.90. The summed E-state index contributed by atoms with van der Waals surface area (Å²) in [5.74, 6) is 0.947. The van der Waals surface area contributed by atoms with Crippen molar-refractivity contribution in [2.45, 2.75) is 58.4 Å². The summed E-state index contributed by atoms with van der Waals surface area (Å²) in [6.45, 7) is 8.16. The summed E-state index contributed by atoms with van der Waals surface area (Å²) in [7, 11) is 2.32. The van der Waals surface area contributed by atoms with Gasteiger partial charge >= 0.3 is 0 Å². The van der Waals surface area contributed by atoms with Crippen molar-refractivity contribution < 1.29 is 0 Å². The largest absolute Gasteiger partial charge is 0.317 e. The Morgan fingerprint density at radius 2 is 2.06 bits per heavy atom. The molecule has 1 saturated carbocycles. The van der Waals surface area contributed by atoms with Crippen LogP contribution in [-0.4, -0.2) is 37.6 Å². The Morgan fingerprint density at radius 1 is 1.25 bits per heavy atom. The molecule has 1 aliphatic rings. The lowest BCUT2D eigenvalue weighted by Gasteiger charge is -2.34. The topological polar surface area (TPSA) is 15.3 Å². The van der Waals surface area contributed by atoms with Crippen LogP contribution < -0.4 is 5.32 Å². The Balaban J connectivity index is 2.06. The molecule has 1 aliphatic carbocycles. The molecule has 2 heteroatoms. The van der Waals surface area contributed by atoms with Crippen LogP contribution in [0, 0.1) is 5.92 Å². The SMILES string of the molecule is CCNCCCCN(C)C1CCCC(C)C1. The lowest BCUT2D eigenvalue weighted by Crippen LogP contribution is -2.36. The molecule has 96 valence electrons. The van der Waals surface area contributed by atoms with Crippen molar-refractivity contribution in [3.05, 3.63) is 0 Å². The molecule has 1 fully saturated rings. The summed E-state index contributed by atoms with van der Waals surface area (Å²) in [4.78, 5) is 2.60. The summed E-state index contributed by atoms with van der Waals surface area (Å²) in [5, 5.41) is 3.39. The summed E-state index contributed by atoms with van der Waals surface area (Å²) in [6.07, 6.45) is 8.39. The van der Waals surface area contributed by atoms with Crippen molar-refractivity contribution in [1.29, 1.82) is 0 Å². The highest BCUT2D eigenvalue weighted by Crippen LogP contribution is 2.26. The van der Waals surface area contributed by atoms with E-state index >= 15 is 0 Å². The molecule has 2 nitrogen and oxygen atoms in total. The fourth-order valence-electron chi connectivity index (χ4n) is 2.77. The van der Waals surface area contributed by atoms with Crippen LogP contribution in [0.5, 0.6) is 0 Å². The Morgan fingerprint density at radius 3 is 2.75 bits per heavy atom. The van der Waals surface area contributed by atoms with E-state index in [0.717, 1.165) is 18.5 Å². The van der Waals surface area contributed by atoms with Crippen LogP contribution in [0.25, 0.3) is 0 Å². The molecule has 0 aromatic carbocycles. The number of nitrogens with zero attached hydrogens (tertiary/aromatic N) is 1. The normalized spacial score (nSPS) is 26.2. The minimum Gasteiger partial charge on any atom is -0.317 e. The first-order valence-electron chi connectivity index (χ1n) is 7.15. The van der Waals surface area contributed by atoms with E-state index in [1.54, 1.807) is 0 Å². The molecule has 0 amide bonds. The van der Waals surface area contributed by atoms with Gasteiger partial charge in [0.05, 0.1) is 0 Å². The Kier molecular flexibility index (Phi) is 7.06. The molecule has 2 atom stereocenters. The lowest BCUT2D eigenvalue weighted by atomic mass is 9.86. The van der Waals surface area contributed by atoms with Crippen molar-refractivity contribution in [1.82, 2.24) is 10.2 Å². The smallest absolute Gasteiger partial charge is 0.00947 e. The molecule has 0 saturated heterocycles. The van der Waals surface area contributed by atoms with Crippen molar-refractivity contribution in [3.8, 4) is 0 Å². The van der Waals surface area contributed by atoms with Gasteiger partial charge in [-0.2, -0.15) is 0 Å². The molecule has 1 N–H and O–H groups in total. The van der Waals surface area contributed by atoms with Gasteiger partial charge in [0, 0.05) is 6.04 Å². The number of nitrogens with one attached hydrogen (secondary N) is 1. The zero-order chi connectivity index (χ0) is 11.8. The van der Waals surface area contributed by atoms with E-state index < -0.39 is 0 Å². The Hall–Kier alpha value is -0.0800. The second-order valence-corrected chi connectivity index (χ2v) is 5.47. The summed E-state index contributed by atoms with van der Waals surface area (Å²) >= 11 is 0. The second-order valence-electron chi connectivity index (χ2n) is 5.47. The number of hydrogen-bond donors (Lipinski definition) is 1. The molecule has 16 heavy (non-hydrogen) atoms. The quantitative estimate of drug-likeness (QED) is 0.672. The maximum Gasteiger partial charge on any atom is 0.00947 e. The van der Waals surface area contributed by atoms with Crippen LogP contribution in [0.15, 0.2) is 0 Å². The number of unbranched alkanes of at least 4 members (excludes halogenated alkanes) is 1. The van der Waals surface area contributed by atoms with Gasteiger partial charge in [-0.05, 0) is 58.3 Å². The summed E-state index contributed by atoms with van der Waals surface area (Å²) < 4.78 is 0. The van der Waals surface area contributed by atoms with E-state index in [1.165, 1.54) is 51.6 Å². The van der Waals surface area contributed by atoms with Gasteiger partial charge in [-0.25, -0.2) is 0 Å². The van der Waals surface area contributed by atoms with Crippen LogP contribution in [-0.2, 0) is 0 Å². The summed E-state index contributed by atoms with van der Waals surface area (Å²) in [6, 6.07) is 0.864. The predicted octanol–water partition coefficient (Wildman–Crippen LogP) is 2.89. The molecule has 0 aliphatic heterocycles. The molecular formula is C14H30N2. The first-order chi connectivity index (χ1) is 7.74. The van der Waals surface area contributed by atoms with E-state index in [4.69, 9.17) is 0 Å². The molecule has 0 aromatic rings. The van der Waals surface area contributed by atoms with Gasteiger partial charge in [0.1, 0.15) is 0 Å². The molecule has 0 radical (unpaired) electrons. The van der Waals surface area contributed by atoms with Crippen molar-refractivity contribution in [3.63, 3.8) is 0 Å². The highest BCUT2D eigenvalue weighted by Gasteiger charge is 2.21. The first kappa shape index (κ1) is 14.0.